The lowest BCUT2D eigenvalue weighted by molar-refractivity contribution is -0.138. The summed E-state index contributed by atoms with van der Waals surface area (Å²) in [6, 6.07) is 7.49. The molecule has 0 N–H and O–H groups in total. The Labute approximate surface area is 162 Å². The van der Waals surface area contributed by atoms with Crippen LogP contribution < -0.4 is 0 Å². The fraction of sp³-hybridized carbons (Fsp3) is 0.474. The molecule has 1 aliphatic rings. The van der Waals surface area contributed by atoms with E-state index in [1.54, 1.807) is 16.2 Å². The van der Waals surface area contributed by atoms with Gasteiger partial charge in [-0.2, -0.15) is 0 Å². The number of rotatable bonds is 8. The van der Waals surface area contributed by atoms with Gasteiger partial charge in [0.2, 0.25) is 5.91 Å². The average molecular weight is 395 g/mol. The van der Waals surface area contributed by atoms with Crippen LogP contribution in [0.15, 0.2) is 29.6 Å². The van der Waals surface area contributed by atoms with Crippen LogP contribution in [0.2, 0.25) is 5.02 Å². The van der Waals surface area contributed by atoms with Gasteiger partial charge in [-0.25, -0.2) is 4.98 Å². The maximum atomic E-state index is 12.7. The zero-order valence-corrected chi connectivity index (χ0v) is 16.4. The van der Waals surface area contributed by atoms with Gasteiger partial charge in [-0.3, -0.25) is 4.79 Å². The van der Waals surface area contributed by atoms with E-state index in [2.05, 4.69) is 4.98 Å². The van der Waals surface area contributed by atoms with Crippen LogP contribution in [0.25, 0.3) is 0 Å². The summed E-state index contributed by atoms with van der Waals surface area (Å²) in [7, 11) is 0. The Morgan fingerprint density at radius 3 is 3.00 bits per heavy atom. The van der Waals surface area contributed by atoms with Crippen LogP contribution in [0.4, 0.5) is 0 Å². The van der Waals surface area contributed by atoms with Gasteiger partial charge in [-0.15, -0.1) is 11.3 Å². The first kappa shape index (κ1) is 19.3. The number of ether oxygens (including phenoxy) is 2. The van der Waals surface area contributed by atoms with Gasteiger partial charge < -0.3 is 14.4 Å². The molecule has 0 spiro atoms. The van der Waals surface area contributed by atoms with Crippen molar-refractivity contribution in [2.75, 3.05) is 19.8 Å². The number of carbonyl (C=O) groups excluding carboxylic acids is 1. The van der Waals surface area contributed by atoms with E-state index in [4.69, 9.17) is 21.1 Å². The van der Waals surface area contributed by atoms with E-state index in [0.717, 1.165) is 35.7 Å². The van der Waals surface area contributed by atoms with Crippen LogP contribution in [-0.2, 0) is 27.4 Å². The van der Waals surface area contributed by atoms with Gasteiger partial charge in [0, 0.05) is 29.2 Å². The molecule has 7 heteroatoms. The third-order valence-electron chi connectivity index (χ3n) is 4.23. The molecule has 0 aliphatic carbocycles. The molecule has 1 aromatic carbocycles. The van der Waals surface area contributed by atoms with Gasteiger partial charge in [-0.1, -0.05) is 29.8 Å². The highest BCUT2D eigenvalue weighted by atomic mass is 35.5. The molecule has 1 aliphatic heterocycles. The zero-order chi connectivity index (χ0) is 18.4. The standard InChI is InChI=1S/C19H23ClN2O3S/c1-14-13-26-18(21-14)10-22(9-16-6-4-8-25-16)19(23)12-24-11-15-5-2-3-7-17(15)20/h2-3,5,7,13,16H,4,6,8-12H2,1H3/t16-/m0/s1. The Hall–Kier alpha value is -1.47. The number of benzene rings is 1. The fourth-order valence-electron chi connectivity index (χ4n) is 2.88. The first-order valence-corrected chi connectivity index (χ1v) is 9.99. The van der Waals surface area contributed by atoms with Crippen molar-refractivity contribution in [3.63, 3.8) is 0 Å². The SMILES string of the molecule is Cc1csc(CN(C[C@@H]2CCCO2)C(=O)COCc2ccccc2Cl)n1. The summed E-state index contributed by atoms with van der Waals surface area (Å²) in [4.78, 5) is 19.0. The molecule has 1 atom stereocenters. The van der Waals surface area contributed by atoms with Gasteiger partial charge in [0.05, 0.1) is 19.3 Å². The molecule has 1 amide bonds. The molecular weight excluding hydrogens is 372 g/mol. The molecule has 1 saturated heterocycles. The lowest BCUT2D eigenvalue weighted by atomic mass is 10.2. The van der Waals surface area contributed by atoms with Crippen molar-refractivity contribution in [3.8, 4) is 0 Å². The zero-order valence-electron chi connectivity index (χ0n) is 14.8. The Balaban J connectivity index is 1.57. The van der Waals surface area contributed by atoms with Gasteiger partial charge in [-0.05, 0) is 31.4 Å². The summed E-state index contributed by atoms with van der Waals surface area (Å²) in [5, 5.41) is 3.58. The summed E-state index contributed by atoms with van der Waals surface area (Å²) < 4.78 is 11.3. The van der Waals surface area contributed by atoms with Crippen LogP contribution >= 0.6 is 22.9 Å². The molecular formula is C19H23ClN2O3S. The van der Waals surface area contributed by atoms with E-state index >= 15 is 0 Å². The molecule has 140 valence electrons. The van der Waals surface area contributed by atoms with E-state index in [9.17, 15) is 4.79 Å². The van der Waals surface area contributed by atoms with Crippen molar-refractivity contribution in [2.45, 2.75) is 39.0 Å². The molecule has 0 radical (unpaired) electrons. The summed E-state index contributed by atoms with van der Waals surface area (Å²) in [6.45, 7) is 4.13. The summed E-state index contributed by atoms with van der Waals surface area (Å²) in [6.07, 6.45) is 2.14. The van der Waals surface area contributed by atoms with E-state index < -0.39 is 0 Å². The quantitative estimate of drug-likeness (QED) is 0.682. The van der Waals surface area contributed by atoms with Gasteiger partial charge in [0.15, 0.2) is 0 Å². The van der Waals surface area contributed by atoms with Gasteiger partial charge in [0.1, 0.15) is 11.6 Å². The van der Waals surface area contributed by atoms with Crippen LogP contribution in [-0.4, -0.2) is 41.7 Å². The predicted molar refractivity (Wildman–Crippen MR) is 102 cm³/mol. The summed E-state index contributed by atoms with van der Waals surface area (Å²) in [5.74, 6) is -0.0552. The largest absolute Gasteiger partial charge is 0.376 e. The van der Waals surface area contributed by atoms with E-state index in [1.807, 2.05) is 36.6 Å². The number of carbonyl (C=O) groups is 1. The fourth-order valence-corrected chi connectivity index (χ4v) is 3.86. The van der Waals surface area contributed by atoms with E-state index in [0.29, 0.717) is 24.7 Å². The van der Waals surface area contributed by atoms with Crippen LogP contribution in [0.1, 0.15) is 29.1 Å². The van der Waals surface area contributed by atoms with Crippen LogP contribution in [0.3, 0.4) is 0 Å². The number of thiazole rings is 1. The van der Waals surface area contributed by atoms with Crippen molar-refractivity contribution in [1.29, 1.82) is 0 Å². The molecule has 0 bridgehead atoms. The molecule has 5 nitrogen and oxygen atoms in total. The van der Waals surface area contributed by atoms with Crippen molar-refractivity contribution in [3.05, 3.63) is 50.9 Å². The maximum absolute atomic E-state index is 12.7. The highest BCUT2D eigenvalue weighted by molar-refractivity contribution is 7.09. The highest BCUT2D eigenvalue weighted by Gasteiger charge is 2.23. The first-order valence-electron chi connectivity index (χ1n) is 8.73. The number of halogens is 1. The molecule has 1 fully saturated rings. The molecule has 0 saturated carbocycles. The summed E-state index contributed by atoms with van der Waals surface area (Å²) >= 11 is 7.70. The smallest absolute Gasteiger partial charge is 0.249 e. The molecule has 3 rings (SSSR count). The normalized spacial score (nSPS) is 16.8. The molecule has 2 aromatic rings. The lowest BCUT2D eigenvalue weighted by Gasteiger charge is -2.24. The van der Waals surface area contributed by atoms with Crippen molar-refractivity contribution in [1.82, 2.24) is 9.88 Å². The molecule has 2 heterocycles. The average Bonchev–Trinajstić information content (AvgIpc) is 3.28. The Bertz CT molecular complexity index is 731. The predicted octanol–water partition coefficient (Wildman–Crippen LogP) is 3.83. The highest BCUT2D eigenvalue weighted by Crippen LogP contribution is 2.18. The minimum atomic E-state index is -0.0552. The Kier molecular flexibility index (Phi) is 7.02. The minimum Gasteiger partial charge on any atom is -0.376 e. The second-order valence-corrected chi connectivity index (χ2v) is 7.73. The van der Waals surface area contributed by atoms with Crippen LogP contribution in [0.5, 0.6) is 0 Å². The third-order valence-corrected chi connectivity index (χ3v) is 5.55. The number of hydrogen-bond acceptors (Lipinski definition) is 5. The number of amides is 1. The van der Waals surface area contributed by atoms with E-state index in [1.165, 1.54) is 0 Å². The Morgan fingerprint density at radius 1 is 1.46 bits per heavy atom. The lowest BCUT2D eigenvalue weighted by Crippen LogP contribution is -2.39. The van der Waals surface area contributed by atoms with Crippen LogP contribution in [0, 0.1) is 6.92 Å². The second kappa shape index (κ2) is 9.46. The monoisotopic (exact) mass is 394 g/mol. The first-order chi connectivity index (χ1) is 12.6. The molecule has 26 heavy (non-hydrogen) atoms. The molecule has 0 unspecified atom stereocenters. The number of nitrogens with zero attached hydrogens (tertiary/aromatic N) is 2. The Morgan fingerprint density at radius 2 is 2.31 bits per heavy atom. The number of aryl methyl sites for hydroxylation is 1. The summed E-state index contributed by atoms with van der Waals surface area (Å²) in [5.41, 5.74) is 1.85. The maximum Gasteiger partial charge on any atom is 0.249 e. The second-order valence-electron chi connectivity index (χ2n) is 6.38. The number of hydrogen-bond donors (Lipinski definition) is 0. The van der Waals surface area contributed by atoms with Crippen molar-refractivity contribution >= 4 is 28.8 Å². The van der Waals surface area contributed by atoms with Gasteiger partial charge in [0.25, 0.3) is 0 Å². The number of aromatic nitrogens is 1. The third kappa shape index (κ3) is 5.51. The minimum absolute atomic E-state index is 0.0162. The van der Waals surface area contributed by atoms with Crippen molar-refractivity contribution in [2.24, 2.45) is 0 Å². The molecule has 1 aromatic heterocycles. The van der Waals surface area contributed by atoms with E-state index in [-0.39, 0.29) is 18.6 Å². The topological polar surface area (TPSA) is 51.7 Å². The van der Waals surface area contributed by atoms with Crippen molar-refractivity contribution < 1.29 is 14.3 Å². The van der Waals surface area contributed by atoms with Gasteiger partial charge >= 0.3 is 0 Å².